The Labute approximate surface area is 107 Å². The van der Waals surface area contributed by atoms with Gasteiger partial charge >= 0.3 is 0 Å². The molecule has 3 nitrogen and oxygen atoms in total. The number of ether oxygens (including phenoxy) is 1. The van der Waals surface area contributed by atoms with Crippen LogP contribution in [0.25, 0.3) is 0 Å². The fourth-order valence-electron chi connectivity index (χ4n) is 2.54. The normalized spacial score (nSPS) is 19.6. The fraction of sp³-hybridized carbons (Fsp3) is 0.500. The van der Waals surface area contributed by atoms with Crippen molar-refractivity contribution < 1.29 is 9.13 Å². The minimum Gasteiger partial charge on any atom is -0.384 e. The van der Waals surface area contributed by atoms with Crippen LogP contribution in [0, 0.1) is 23.1 Å². The highest BCUT2D eigenvalue weighted by molar-refractivity contribution is 5.60. The summed E-state index contributed by atoms with van der Waals surface area (Å²) >= 11 is 0. The first-order chi connectivity index (χ1) is 8.76. The van der Waals surface area contributed by atoms with Crippen LogP contribution >= 0.6 is 0 Å². The molecule has 0 spiro atoms. The molecule has 0 radical (unpaired) electrons. The monoisotopic (exact) mass is 248 g/mol. The number of rotatable bonds is 3. The number of hydrogen-bond donors (Lipinski definition) is 0. The Bertz CT molecular complexity index is 454. The minimum absolute atomic E-state index is 0.149. The summed E-state index contributed by atoms with van der Waals surface area (Å²) in [4.78, 5) is 2.09. The van der Waals surface area contributed by atoms with Crippen LogP contribution in [0.5, 0.6) is 0 Å². The number of nitrogens with zero attached hydrogens (tertiary/aromatic N) is 2. The first kappa shape index (κ1) is 12.8. The Morgan fingerprint density at radius 3 is 3.11 bits per heavy atom. The van der Waals surface area contributed by atoms with Gasteiger partial charge in [0.05, 0.1) is 12.3 Å². The van der Waals surface area contributed by atoms with Crippen LogP contribution in [-0.2, 0) is 4.74 Å². The predicted octanol–water partition coefficient (Wildman–Crippen LogP) is 2.56. The molecule has 96 valence electrons. The van der Waals surface area contributed by atoms with Gasteiger partial charge in [-0.15, -0.1) is 0 Å². The van der Waals surface area contributed by atoms with Crippen molar-refractivity contribution in [3.63, 3.8) is 0 Å². The zero-order valence-corrected chi connectivity index (χ0v) is 10.5. The summed E-state index contributed by atoms with van der Waals surface area (Å²) in [5.41, 5.74) is 0.855. The Hall–Kier alpha value is -1.60. The summed E-state index contributed by atoms with van der Waals surface area (Å²) in [6, 6.07) is 6.77. The summed E-state index contributed by atoms with van der Waals surface area (Å²) in [5, 5.41) is 9.06. The summed E-state index contributed by atoms with van der Waals surface area (Å²) in [6.07, 6.45) is 2.18. The SMILES string of the molecule is COCC1CCCN(c2cccc(F)c2C#N)C1. The van der Waals surface area contributed by atoms with Gasteiger partial charge < -0.3 is 9.64 Å². The van der Waals surface area contributed by atoms with Crippen LogP contribution in [0.4, 0.5) is 10.1 Å². The number of methoxy groups -OCH3 is 1. The molecule has 1 atom stereocenters. The van der Waals surface area contributed by atoms with Gasteiger partial charge in [0.15, 0.2) is 0 Å². The second-order valence-electron chi connectivity index (χ2n) is 4.66. The molecule has 0 aliphatic carbocycles. The number of hydrogen-bond acceptors (Lipinski definition) is 3. The first-order valence-electron chi connectivity index (χ1n) is 6.18. The molecule has 0 N–H and O–H groups in total. The van der Waals surface area contributed by atoms with E-state index in [9.17, 15) is 4.39 Å². The van der Waals surface area contributed by atoms with Gasteiger partial charge in [0.1, 0.15) is 17.4 Å². The van der Waals surface area contributed by atoms with E-state index in [4.69, 9.17) is 10.00 Å². The highest BCUT2D eigenvalue weighted by atomic mass is 19.1. The van der Waals surface area contributed by atoms with Crippen molar-refractivity contribution >= 4 is 5.69 Å². The van der Waals surface area contributed by atoms with Gasteiger partial charge in [-0.3, -0.25) is 0 Å². The maximum Gasteiger partial charge on any atom is 0.143 e. The van der Waals surface area contributed by atoms with Crippen molar-refractivity contribution in [1.82, 2.24) is 0 Å². The average Bonchev–Trinajstić information content (AvgIpc) is 2.39. The van der Waals surface area contributed by atoms with Crippen molar-refractivity contribution in [3.05, 3.63) is 29.6 Å². The second kappa shape index (κ2) is 5.83. The van der Waals surface area contributed by atoms with Crippen molar-refractivity contribution in [1.29, 1.82) is 5.26 Å². The van der Waals surface area contributed by atoms with E-state index in [1.165, 1.54) is 6.07 Å². The lowest BCUT2D eigenvalue weighted by atomic mass is 9.97. The minimum atomic E-state index is -0.441. The van der Waals surface area contributed by atoms with Crippen LogP contribution in [0.3, 0.4) is 0 Å². The molecule has 0 amide bonds. The molecule has 1 unspecified atom stereocenters. The van der Waals surface area contributed by atoms with E-state index in [-0.39, 0.29) is 5.56 Å². The molecular weight excluding hydrogens is 231 g/mol. The third-order valence-corrected chi connectivity index (χ3v) is 3.37. The molecule has 1 heterocycles. The van der Waals surface area contributed by atoms with E-state index < -0.39 is 5.82 Å². The van der Waals surface area contributed by atoms with Gasteiger partial charge in [0, 0.05) is 20.2 Å². The summed E-state index contributed by atoms with van der Waals surface area (Å²) in [5.74, 6) is 0.0161. The molecule has 0 saturated carbocycles. The standard InChI is InChI=1S/C14H17FN2O/c1-18-10-11-4-3-7-17(9-11)14-6-2-5-13(15)12(14)8-16/h2,5-6,11H,3-4,7,9-10H2,1H3. The molecule has 1 aliphatic heterocycles. The molecule has 2 rings (SSSR count). The van der Waals surface area contributed by atoms with Gasteiger partial charge in [-0.2, -0.15) is 5.26 Å². The van der Waals surface area contributed by atoms with Crippen molar-refractivity contribution in [3.8, 4) is 6.07 Å². The van der Waals surface area contributed by atoms with Crippen molar-refractivity contribution in [2.24, 2.45) is 5.92 Å². The zero-order valence-electron chi connectivity index (χ0n) is 10.5. The smallest absolute Gasteiger partial charge is 0.143 e. The lowest BCUT2D eigenvalue weighted by molar-refractivity contribution is 0.143. The third kappa shape index (κ3) is 2.62. The molecule has 1 aromatic carbocycles. The van der Waals surface area contributed by atoms with Crippen LogP contribution in [0.2, 0.25) is 0 Å². The highest BCUT2D eigenvalue weighted by Gasteiger charge is 2.22. The molecule has 1 aromatic rings. The van der Waals surface area contributed by atoms with Crippen LogP contribution in [0.1, 0.15) is 18.4 Å². The van der Waals surface area contributed by atoms with Crippen LogP contribution in [0.15, 0.2) is 18.2 Å². The molecule has 0 aromatic heterocycles. The first-order valence-corrected chi connectivity index (χ1v) is 6.18. The highest BCUT2D eigenvalue weighted by Crippen LogP contribution is 2.27. The molecule has 1 aliphatic rings. The van der Waals surface area contributed by atoms with E-state index in [2.05, 4.69) is 4.90 Å². The van der Waals surface area contributed by atoms with Gasteiger partial charge in [-0.1, -0.05) is 6.07 Å². The quantitative estimate of drug-likeness (QED) is 0.824. The largest absolute Gasteiger partial charge is 0.384 e. The second-order valence-corrected chi connectivity index (χ2v) is 4.66. The van der Waals surface area contributed by atoms with Gasteiger partial charge in [0.2, 0.25) is 0 Å². The van der Waals surface area contributed by atoms with Gasteiger partial charge in [-0.05, 0) is 30.9 Å². The fourth-order valence-corrected chi connectivity index (χ4v) is 2.54. The van der Waals surface area contributed by atoms with E-state index in [0.717, 1.165) is 25.9 Å². The van der Waals surface area contributed by atoms with E-state index in [1.54, 1.807) is 13.2 Å². The van der Waals surface area contributed by atoms with Crippen molar-refractivity contribution in [2.75, 3.05) is 31.7 Å². The maximum absolute atomic E-state index is 13.6. The zero-order chi connectivity index (χ0) is 13.0. The molecule has 1 fully saturated rings. The Morgan fingerprint density at radius 2 is 2.39 bits per heavy atom. The van der Waals surface area contributed by atoms with Crippen LogP contribution in [-0.4, -0.2) is 26.8 Å². The van der Waals surface area contributed by atoms with Gasteiger partial charge in [-0.25, -0.2) is 4.39 Å². The molecule has 18 heavy (non-hydrogen) atoms. The number of anilines is 1. The van der Waals surface area contributed by atoms with E-state index >= 15 is 0 Å². The molecule has 1 saturated heterocycles. The summed E-state index contributed by atoms with van der Waals surface area (Å²) < 4.78 is 18.8. The van der Waals surface area contributed by atoms with Crippen molar-refractivity contribution in [2.45, 2.75) is 12.8 Å². The summed E-state index contributed by atoms with van der Waals surface area (Å²) in [7, 11) is 1.70. The maximum atomic E-state index is 13.6. The Kier molecular flexibility index (Phi) is 4.16. The number of nitriles is 1. The average molecular weight is 248 g/mol. The lowest BCUT2D eigenvalue weighted by Gasteiger charge is -2.34. The number of benzene rings is 1. The Morgan fingerprint density at radius 1 is 1.56 bits per heavy atom. The molecular formula is C14H17FN2O. The molecule has 4 heteroatoms. The van der Waals surface area contributed by atoms with E-state index in [1.807, 2.05) is 12.1 Å². The molecule has 0 bridgehead atoms. The lowest BCUT2D eigenvalue weighted by Crippen LogP contribution is -2.37. The third-order valence-electron chi connectivity index (χ3n) is 3.37. The van der Waals surface area contributed by atoms with Crippen LogP contribution < -0.4 is 4.90 Å². The predicted molar refractivity (Wildman–Crippen MR) is 67.9 cm³/mol. The topological polar surface area (TPSA) is 36.3 Å². The Balaban J connectivity index is 2.21. The van der Waals surface area contributed by atoms with E-state index in [0.29, 0.717) is 18.2 Å². The number of piperidine rings is 1. The number of halogens is 1. The van der Waals surface area contributed by atoms with Gasteiger partial charge in [0.25, 0.3) is 0 Å². The summed E-state index contributed by atoms with van der Waals surface area (Å²) in [6.45, 7) is 2.41.